The summed E-state index contributed by atoms with van der Waals surface area (Å²) in [6.07, 6.45) is 2.35. The van der Waals surface area contributed by atoms with E-state index in [-0.39, 0.29) is 11.6 Å². The van der Waals surface area contributed by atoms with E-state index in [9.17, 15) is 14.9 Å². The number of nitro groups is 1. The Morgan fingerprint density at radius 1 is 1.42 bits per heavy atom. The normalized spacial score (nSPS) is 11.8. The molecule has 1 atom stereocenters. The number of anilines is 1. The van der Waals surface area contributed by atoms with Gasteiger partial charge in [0.2, 0.25) is 5.91 Å². The molecule has 7 heteroatoms. The Hall–Kier alpha value is -2.70. The van der Waals surface area contributed by atoms with E-state index in [1.54, 1.807) is 31.2 Å². The lowest BCUT2D eigenvalue weighted by molar-refractivity contribution is -0.385. The molecule has 1 aromatic carbocycles. The van der Waals surface area contributed by atoms with E-state index in [0.717, 1.165) is 6.20 Å². The van der Waals surface area contributed by atoms with Gasteiger partial charge in [0.25, 0.3) is 0 Å². The Bertz CT molecular complexity index is 594. The summed E-state index contributed by atoms with van der Waals surface area (Å²) >= 11 is 0. The van der Waals surface area contributed by atoms with Gasteiger partial charge in [0, 0.05) is 5.69 Å². The number of benzene rings is 1. The van der Waals surface area contributed by atoms with Gasteiger partial charge in [-0.15, -0.1) is 0 Å². The van der Waals surface area contributed by atoms with Gasteiger partial charge in [0.15, 0.2) is 0 Å². The molecule has 0 aliphatic heterocycles. The summed E-state index contributed by atoms with van der Waals surface area (Å²) in [4.78, 5) is 21.9. The molecule has 7 nitrogen and oxygen atoms in total. The van der Waals surface area contributed by atoms with Crippen molar-refractivity contribution in [3.05, 3.63) is 52.8 Å². The van der Waals surface area contributed by atoms with Crippen LogP contribution < -0.4 is 5.32 Å². The smallest absolute Gasteiger partial charge is 0.307 e. The van der Waals surface area contributed by atoms with E-state index < -0.39 is 11.0 Å². The van der Waals surface area contributed by atoms with Crippen molar-refractivity contribution in [3.8, 4) is 0 Å². The highest BCUT2D eigenvalue weighted by Crippen LogP contribution is 2.15. The third-order valence-corrected chi connectivity index (χ3v) is 2.62. The molecule has 0 fully saturated rings. The van der Waals surface area contributed by atoms with E-state index in [1.807, 2.05) is 6.07 Å². The van der Waals surface area contributed by atoms with Crippen molar-refractivity contribution in [2.24, 2.45) is 0 Å². The third-order valence-electron chi connectivity index (χ3n) is 2.62. The lowest BCUT2D eigenvalue weighted by Gasteiger charge is -2.12. The first-order chi connectivity index (χ1) is 9.08. The average molecular weight is 260 g/mol. The first kappa shape index (κ1) is 12.7. The van der Waals surface area contributed by atoms with Crippen molar-refractivity contribution in [3.63, 3.8) is 0 Å². The molecule has 0 bridgehead atoms. The Balaban J connectivity index is 2.08. The summed E-state index contributed by atoms with van der Waals surface area (Å²) in [6, 6.07) is 8.34. The van der Waals surface area contributed by atoms with Crippen molar-refractivity contribution in [2.45, 2.75) is 13.0 Å². The fourth-order valence-corrected chi connectivity index (χ4v) is 1.52. The van der Waals surface area contributed by atoms with Gasteiger partial charge in [0.05, 0.1) is 4.92 Å². The third kappa shape index (κ3) is 2.95. The second kappa shape index (κ2) is 5.30. The minimum absolute atomic E-state index is 0.139. The van der Waals surface area contributed by atoms with E-state index in [4.69, 9.17) is 0 Å². The van der Waals surface area contributed by atoms with Crippen molar-refractivity contribution in [2.75, 3.05) is 5.32 Å². The maximum absolute atomic E-state index is 12.0. The van der Waals surface area contributed by atoms with Crippen LogP contribution in [0.1, 0.15) is 13.0 Å². The van der Waals surface area contributed by atoms with Crippen LogP contribution in [-0.2, 0) is 4.79 Å². The second-order valence-electron chi connectivity index (χ2n) is 3.97. The molecule has 1 amide bonds. The molecule has 0 aliphatic rings. The number of hydrogen-bond acceptors (Lipinski definition) is 4. The van der Waals surface area contributed by atoms with Crippen molar-refractivity contribution >= 4 is 17.3 Å². The van der Waals surface area contributed by atoms with Crippen molar-refractivity contribution in [1.29, 1.82) is 0 Å². The predicted molar refractivity (Wildman–Crippen MR) is 68.7 cm³/mol. The molecule has 0 aliphatic carbocycles. The number of carbonyl (C=O) groups excluding carboxylic acids is 1. The number of para-hydroxylation sites is 1. The maximum atomic E-state index is 12.0. The first-order valence-electron chi connectivity index (χ1n) is 5.62. The fraction of sp³-hybridized carbons (Fsp3) is 0.167. The van der Waals surface area contributed by atoms with Crippen LogP contribution >= 0.6 is 0 Å². The Morgan fingerprint density at radius 2 is 2.11 bits per heavy atom. The zero-order valence-electron chi connectivity index (χ0n) is 10.2. The van der Waals surface area contributed by atoms with Gasteiger partial charge >= 0.3 is 5.69 Å². The van der Waals surface area contributed by atoms with E-state index in [1.165, 1.54) is 10.9 Å². The highest BCUT2D eigenvalue weighted by atomic mass is 16.6. The van der Waals surface area contributed by atoms with Crippen LogP contribution in [0.5, 0.6) is 0 Å². The van der Waals surface area contributed by atoms with Gasteiger partial charge in [-0.25, -0.2) is 0 Å². The second-order valence-corrected chi connectivity index (χ2v) is 3.97. The standard InChI is InChI=1S/C12H12N4O3/c1-9(15-8-11(7-13-15)16(18)19)12(17)14-10-5-3-2-4-6-10/h2-9H,1H3,(H,14,17)/t9-/m1/s1. The van der Waals surface area contributed by atoms with Crippen LogP contribution in [-0.4, -0.2) is 20.6 Å². The maximum Gasteiger partial charge on any atom is 0.307 e. The van der Waals surface area contributed by atoms with Gasteiger partial charge in [-0.3, -0.25) is 19.6 Å². The lowest BCUT2D eigenvalue weighted by atomic mass is 10.3. The van der Waals surface area contributed by atoms with Gasteiger partial charge in [-0.05, 0) is 19.1 Å². The molecule has 0 spiro atoms. The topological polar surface area (TPSA) is 90.1 Å². The largest absolute Gasteiger partial charge is 0.324 e. The molecule has 19 heavy (non-hydrogen) atoms. The molecule has 0 saturated heterocycles. The SMILES string of the molecule is C[C@H](C(=O)Nc1ccccc1)n1cc([N+](=O)[O-])cn1. The van der Waals surface area contributed by atoms with E-state index >= 15 is 0 Å². The fourth-order valence-electron chi connectivity index (χ4n) is 1.52. The molecular formula is C12H12N4O3. The molecule has 1 N–H and O–H groups in total. The molecule has 0 saturated carbocycles. The molecule has 98 valence electrons. The molecule has 2 rings (SSSR count). The summed E-state index contributed by atoms with van der Waals surface area (Å²) in [5.41, 5.74) is 0.528. The number of rotatable bonds is 4. The van der Waals surface area contributed by atoms with Gasteiger partial charge in [-0.1, -0.05) is 18.2 Å². The Morgan fingerprint density at radius 3 is 2.68 bits per heavy atom. The summed E-state index contributed by atoms with van der Waals surface area (Å²) in [7, 11) is 0. The number of amides is 1. The summed E-state index contributed by atoms with van der Waals surface area (Å²) in [5, 5.41) is 17.1. The monoisotopic (exact) mass is 260 g/mol. The summed E-state index contributed by atoms with van der Waals surface area (Å²) < 4.78 is 1.26. The van der Waals surface area contributed by atoms with Crippen LogP contribution in [0.4, 0.5) is 11.4 Å². The number of carbonyl (C=O) groups is 1. The molecule has 1 aromatic heterocycles. The molecule has 0 radical (unpaired) electrons. The minimum atomic E-state index is -0.631. The number of nitrogens with zero attached hydrogens (tertiary/aromatic N) is 3. The molecular weight excluding hydrogens is 248 g/mol. The quantitative estimate of drug-likeness (QED) is 0.672. The van der Waals surface area contributed by atoms with Crippen LogP contribution in [0.2, 0.25) is 0 Å². The van der Waals surface area contributed by atoms with Crippen LogP contribution in [0.3, 0.4) is 0 Å². The van der Waals surface area contributed by atoms with Gasteiger partial charge in [-0.2, -0.15) is 5.10 Å². The highest BCUT2D eigenvalue weighted by Gasteiger charge is 2.18. The first-order valence-corrected chi connectivity index (χ1v) is 5.62. The van der Waals surface area contributed by atoms with Crippen LogP contribution in [0.15, 0.2) is 42.7 Å². The molecule has 0 unspecified atom stereocenters. The van der Waals surface area contributed by atoms with Crippen LogP contribution in [0.25, 0.3) is 0 Å². The number of aromatic nitrogens is 2. The lowest BCUT2D eigenvalue weighted by Crippen LogP contribution is -2.23. The Kier molecular flexibility index (Phi) is 3.56. The number of nitrogens with one attached hydrogen (secondary N) is 1. The Labute approximate surface area is 109 Å². The average Bonchev–Trinajstić information content (AvgIpc) is 2.88. The predicted octanol–water partition coefficient (Wildman–Crippen LogP) is 1.99. The number of hydrogen-bond donors (Lipinski definition) is 1. The van der Waals surface area contributed by atoms with Crippen molar-refractivity contribution in [1.82, 2.24) is 9.78 Å². The highest BCUT2D eigenvalue weighted by molar-refractivity contribution is 5.93. The van der Waals surface area contributed by atoms with Crippen molar-refractivity contribution < 1.29 is 9.72 Å². The zero-order chi connectivity index (χ0) is 13.8. The minimum Gasteiger partial charge on any atom is -0.324 e. The molecule has 2 aromatic rings. The van der Waals surface area contributed by atoms with E-state index in [2.05, 4.69) is 10.4 Å². The summed E-state index contributed by atoms with van der Waals surface area (Å²) in [5.74, 6) is -0.288. The summed E-state index contributed by atoms with van der Waals surface area (Å²) in [6.45, 7) is 1.62. The van der Waals surface area contributed by atoms with Gasteiger partial charge < -0.3 is 5.32 Å². The molecule has 1 heterocycles. The van der Waals surface area contributed by atoms with E-state index in [0.29, 0.717) is 5.69 Å². The van der Waals surface area contributed by atoms with Gasteiger partial charge in [0.1, 0.15) is 18.4 Å². The zero-order valence-corrected chi connectivity index (χ0v) is 10.2. The van der Waals surface area contributed by atoms with Crippen LogP contribution in [0, 0.1) is 10.1 Å².